The van der Waals surface area contributed by atoms with Crippen molar-refractivity contribution in [3.05, 3.63) is 77.9 Å². The molecule has 0 saturated heterocycles. The van der Waals surface area contributed by atoms with Gasteiger partial charge < -0.3 is 30.1 Å². The Kier molecular flexibility index (Phi) is 10.5. The average molecular weight is 665 g/mol. The summed E-state index contributed by atoms with van der Waals surface area (Å²) >= 11 is 0. The fourth-order valence-corrected chi connectivity index (χ4v) is 6.05. The Morgan fingerprint density at radius 1 is 1.11 bits per heavy atom. The van der Waals surface area contributed by atoms with Crippen LogP contribution < -0.4 is 20.1 Å². The van der Waals surface area contributed by atoms with Gasteiger partial charge in [0.15, 0.2) is 5.75 Å². The van der Waals surface area contributed by atoms with E-state index in [1.54, 1.807) is 13.8 Å². The minimum Gasteiger partial charge on any atom is -0.497 e. The van der Waals surface area contributed by atoms with Crippen LogP contribution in [0.2, 0.25) is 0 Å². The Balaban J connectivity index is 1.65. The Hall–Kier alpha value is -4.34. The highest BCUT2D eigenvalue weighted by Crippen LogP contribution is 2.36. The second-order valence-electron chi connectivity index (χ2n) is 10.9. The summed E-state index contributed by atoms with van der Waals surface area (Å²) in [5, 5.41) is 14.9. The lowest BCUT2D eigenvalue weighted by Gasteiger charge is -2.38. The number of likely N-dealkylation sites (N-methyl/N-ethyl adjacent to an activating group) is 1. The molecule has 1 aliphatic heterocycles. The number of carbonyl (C=O) groups is 2. The number of nitrogens with one attached hydrogen (secondary N) is 2. The normalized spacial score (nSPS) is 17.8. The van der Waals surface area contributed by atoms with Gasteiger partial charge in [-0.05, 0) is 67.6 Å². The molecule has 1 heterocycles. The molecular weight excluding hydrogens is 629 g/mol. The molecule has 0 fully saturated rings. The van der Waals surface area contributed by atoms with Crippen molar-refractivity contribution < 1.29 is 45.8 Å². The lowest BCUT2D eigenvalue weighted by atomic mass is 9.99. The van der Waals surface area contributed by atoms with E-state index in [1.165, 1.54) is 61.5 Å². The van der Waals surface area contributed by atoms with E-state index < -0.39 is 51.8 Å². The molecule has 1 aliphatic rings. The number of nitrogens with zero attached hydrogens (tertiary/aromatic N) is 2. The third-order valence-corrected chi connectivity index (χ3v) is 9.45. The summed E-state index contributed by atoms with van der Waals surface area (Å²) in [4.78, 5) is 28.1. The number of hydrogen-bond acceptors (Lipinski definition) is 7. The highest BCUT2D eigenvalue weighted by molar-refractivity contribution is 7.89. The molecule has 0 saturated carbocycles. The number of ether oxygens (including phenoxy) is 2. The number of fused-ring (bicyclic) bond motifs is 1. The third-order valence-electron chi connectivity index (χ3n) is 7.61. The van der Waals surface area contributed by atoms with Crippen LogP contribution in [0.15, 0.2) is 71.6 Å². The topological polar surface area (TPSA) is 138 Å². The lowest BCUT2D eigenvalue weighted by molar-refractivity contribution is -0.137. The van der Waals surface area contributed by atoms with E-state index in [-0.39, 0.29) is 47.3 Å². The third kappa shape index (κ3) is 7.71. The van der Waals surface area contributed by atoms with Crippen molar-refractivity contribution in [3.63, 3.8) is 0 Å². The van der Waals surface area contributed by atoms with Gasteiger partial charge in [-0.15, -0.1) is 0 Å². The second kappa shape index (κ2) is 14.0. The number of benzene rings is 3. The molecule has 0 bridgehead atoms. The number of amides is 3. The number of para-hydroxylation sites is 1. The molecule has 3 aromatic rings. The number of aliphatic hydroxyl groups is 1. The van der Waals surface area contributed by atoms with E-state index in [0.717, 1.165) is 28.6 Å². The maximum absolute atomic E-state index is 13.7. The van der Waals surface area contributed by atoms with Gasteiger partial charge in [-0.2, -0.15) is 17.5 Å². The van der Waals surface area contributed by atoms with Crippen molar-refractivity contribution in [2.45, 2.75) is 37.1 Å². The molecule has 15 heteroatoms. The highest BCUT2D eigenvalue weighted by Gasteiger charge is 2.36. The fourth-order valence-electron chi connectivity index (χ4n) is 4.87. The van der Waals surface area contributed by atoms with Crippen molar-refractivity contribution in [2.75, 3.05) is 44.5 Å². The number of halogens is 3. The first kappa shape index (κ1) is 34.5. The molecule has 3 N–H and O–H groups in total. The van der Waals surface area contributed by atoms with Crippen LogP contribution in [0.4, 0.5) is 29.3 Å². The minimum absolute atomic E-state index is 0.0303. The van der Waals surface area contributed by atoms with Gasteiger partial charge >= 0.3 is 12.2 Å². The Morgan fingerprint density at radius 2 is 1.76 bits per heavy atom. The molecule has 4 rings (SSSR count). The number of hydrogen-bond donors (Lipinski definition) is 3. The molecule has 0 radical (unpaired) electrons. The van der Waals surface area contributed by atoms with E-state index in [2.05, 4.69) is 10.6 Å². The monoisotopic (exact) mass is 664 g/mol. The SMILES string of the molecule is COc1ccc(S(=O)(=O)N(C)C[C@@H]2Oc3c(NC(=O)Nc4ccc(C(F)(F)F)cc4)cccc3C(=O)N([C@@H](C)CO)C[C@H]2C)cc1. The van der Waals surface area contributed by atoms with E-state index in [0.29, 0.717) is 5.75 Å². The van der Waals surface area contributed by atoms with Gasteiger partial charge in [0.2, 0.25) is 10.0 Å². The van der Waals surface area contributed by atoms with Crippen molar-refractivity contribution >= 4 is 33.3 Å². The highest BCUT2D eigenvalue weighted by atomic mass is 32.2. The van der Waals surface area contributed by atoms with Crippen LogP contribution in [0.1, 0.15) is 29.8 Å². The van der Waals surface area contributed by atoms with Crippen LogP contribution in [-0.4, -0.2) is 80.7 Å². The van der Waals surface area contributed by atoms with Crippen molar-refractivity contribution in [2.24, 2.45) is 5.92 Å². The van der Waals surface area contributed by atoms with Gasteiger partial charge in [0.25, 0.3) is 5.91 Å². The van der Waals surface area contributed by atoms with Gasteiger partial charge in [0, 0.05) is 25.2 Å². The smallest absolute Gasteiger partial charge is 0.416 e. The molecule has 46 heavy (non-hydrogen) atoms. The van der Waals surface area contributed by atoms with Crippen LogP contribution >= 0.6 is 0 Å². The van der Waals surface area contributed by atoms with Gasteiger partial charge in [0.05, 0.1) is 48.0 Å². The molecule has 0 aliphatic carbocycles. The number of methoxy groups -OCH3 is 1. The molecule has 248 valence electrons. The number of anilines is 2. The van der Waals surface area contributed by atoms with E-state index in [9.17, 15) is 36.3 Å². The van der Waals surface area contributed by atoms with Crippen LogP contribution in [0.5, 0.6) is 11.5 Å². The van der Waals surface area contributed by atoms with E-state index in [4.69, 9.17) is 9.47 Å². The number of rotatable bonds is 9. The molecular formula is C31H35F3N4O7S. The predicted octanol–water partition coefficient (Wildman–Crippen LogP) is 4.90. The number of alkyl halides is 3. The van der Waals surface area contributed by atoms with Crippen molar-refractivity contribution in [3.8, 4) is 11.5 Å². The molecule has 0 aromatic heterocycles. The number of sulfonamides is 1. The van der Waals surface area contributed by atoms with Gasteiger partial charge in [-0.25, -0.2) is 13.2 Å². The number of aliphatic hydroxyl groups excluding tert-OH is 1. The quantitative estimate of drug-likeness (QED) is 0.296. The molecule has 3 aromatic carbocycles. The van der Waals surface area contributed by atoms with Crippen LogP contribution in [0.25, 0.3) is 0 Å². The van der Waals surface area contributed by atoms with E-state index >= 15 is 0 Å². The molecule has 3 atom stereocenters. The first-order valence-electron chi connectivity index (χ1n) is 14.2. The van der Waals surface area contributed by atoms with Crippen LogP contribution in [0, 0.1) is 5.92 Å². The summed E-state index contributed by atoms with van der Waals surface area (Å²) in [5.41, 5.74) is -0.673. The Bertz CT molecular complexity index is 1650. The summed E-state index contributed by atoms with van der Waals surface area (Å²) < 4.78 is 78.3. The van der Waals surface area contributed by atoms with E-state index in [1.807, 2.05) is 0 Å². The first-order chi connectivity index (χ1) is 21.6. The standard InChI is InChI=1S/C31H35F3N4O7S/c1-19-16-38(20(2)18-39)29(40)25-6-5-7-26(36-30(41)35-22-10-8-21(9-11-22)31(32,33)34)28(25)45-27(19)17-37(3)46(42,43)24-14-12-23(44-4)13-15-24/h5-15,19-20,27,39H,16-18H2,1-4H3,(H2,35,36,41)/t19-,20+,27+/m1/s1. The summed E-state index contributed by atoms with van der Waals surface area (Å²) in [7, 11) is -1.11. The zero-order chi connectivity index (χ0) is 33.8. The fraction of sp³-hybridized carbons (Fsp3) is 0.355. The zero-order valence-corrected chi connectivity index (χ0v) is 26.4. The van der Waals surface area contributed by atoms with Crippen LogP contribution in [-0.2, 0) is 16.2 Å². The Labute approximate surface area is 265 Å². The maximum Gasteiger partial charge on any atom is 0.416 e. The number of carbonyl (C=O) groups excluding carboxylic acids is 2. The van der Waals surface area contributed by atoms with Gasteiger partial charge in [-0.1, -0.05) is 13.0 Å². The zero-order valence-electron chi connectivity index (χ0n) is 25.5. The second-order valence-corrected chi connectivity index (χ2v) is 13.0. The molecule has 3 amide bonds. The molecule has 0 unspecified atom stereocenters. The summed E-state index contributed by atoms with van der Waals surface area (Å²) in [5.74, 6) is -0.473. The Morgan fingerprint density at radius 3 is 2.35 bits per heavy atom. The van der Waals surface area contributed by atoms with Crippen molar-refractivity contribution in [1.29, 1.82) is 0 Å². The average Bonchev–Trinajstić information content (AvgIpc) is 3.02. The predicted molar refractivity (Wildman–Crippen MR) is 165 cm³/mol. The minimum atomic E-state index is -4.54. The van der Waals surface area contributed by atoms with Gasteiger partial charge in [-0.3, -0.25) is 4.79 Å². The molecule has 0 spiro atoms. The summed E-state index contributed by atoms with van der Waals surface area (Å²) in [6, 6.07) is 12.8. The maximum atomic E-state index is 13.7. The first-order valence-corrected chi connectivity index (χ1v) is 15.7. The largest absolute Gasteiger partial charge is 0.497 e. The van der Waals surface area contributed by atoms with Crippen molar-refractivity contribution in [1.82, 2.24) is 9.21 Å². The molecule has 11 nitrogen and oxygen atoms in total. The lowest BCUT2D eigenvalue weighted by Crippen LogP contribution is -2.50. The van der Waals surface area contributed by atoms with Crippen LogP contribution in [0.3, 0.4) is 0 Å². The summed E-state index contributed by atoms with van der Waals surface area (Å²) in [6.07, 6.45) is -5.37. The van der Waals surface area contributed by atoms with Gasteiger partial charge in [0.1, 0.15) is 11.9 Å². The summed E-state index contributed by atoms with van der Waals surface area (Å²) in [6.45, 7) is 3.10. The number of urea groups is 1.